The van der Waals surface area contributed by atoms with Gasteiger partial charge in [0.1, 0.15) is 0 Å². The number of nitrogens with one attached hydrogen (secondary N) is 1. The average molecular weight is 191 g/mol. The molecule has 0 amide bonds. The first-order valence-corrected chi connectivity index (χ1v) is 4.45. The summed E-state index contributed by atoms with van der Waals surface area (Å²) in [4.78, 5) is 3.95. The number of nitrogens with two attached hydrogens (primary N) is 1. The minimum Gasteiger partial charge on any atom is -0.370 e. The predicted molar refractivity (Wildman–Crippen MR) is 47.8 cm³/mol. The number of hydrogen-bond acceptors (Lipinski definition) is 1. The molecule has 0 aromatic carbocycles. The molecule has 0 aromatic heterocycles. The fourth-order valence-electron chi connectivity index (χ4n) is 1.38. The SMILES string of the molecule is CCNC(N)=NCC1CC(F)(F)C1. The van der Waals surface area contributed by atoms with Crippen LogP contribution in [-0.2, 0) is 0 Å². The number of halogens is 2. The largest absolute Gasteiger partial charge is 0.370 e. The normalized spacial score (nSPS) is 22.5. The van der Waals surface area contributed by atoms with Crippen molar-refractivity contribution < 1.29 is 8.78 Å². The van der Waals surface area contributed by atoms with Crippen LogP contribution in [0.5, 0.6) is 0 Å². The van der Waals surface area contributed by atoms with Crippen LogP contribution in [0.15, 0.2) is 4.99 Å². The number of aliphatic imine (C=N–C) groups is 1. The van der Waals surface area contributed by atoms with Crippen LogP contribution < -0.4 is 11.1 Å². The number of alkyl halides is 2. The molecule has 0 radical (unpaired) electrons. The molecule has 0 unspecified atom stereocenters. The number of rotatable bonds is 3. The maximum absolute atomic E-state index is 12.4. The van der Waals surface area contributed by atoms with Crippen LogP contribution in [0.1, 0.15) is 19.8 Å². The second-order valence-corrected chi connectivity index (χ2v) is 3.39. The number of hydrogen-bond donors (Lipinski definition) is 2. The molecule has 0 atom stereocenters. The van der Waals surface area contributed by atoms with Crippen molar-refractivity contribution in [1.29, 1.82) is 0 Å². The van der Waals surface area contributed by atoms with Crippen molar-refractivity contribution in [2.24, 2.45) is 16.6 Å². The van der Waals surface area contributed by atoms with E-state index in [1.807, 2.05) is 6.92 Å². The monoisotopic (exact) mass is 191 g/mol. The Morgan fingerprint density at radius 3 is 2.69 bits per heavy atom. The third-order valence-corrected chi connectivity index (χ3v) is 2.05. The maximum Gasteiger partial charge on any atom is 0.248 e. The van der Waals surface area contributed by atoms with Gasteiger partial charge in [0.25, 0.3) is 0 Å². The molecule has 0 bridgehead atoms. The molecule has 3 N–H and O–H groups in total. The minimum absolute atomic E-state index is 0.00667. The van der Waals surface area contributed by atoms with Gasteiger partial charge in [0.15, 0.2) is 5.96 Å². The van der Waals surface area contributed by atoms with Crippen molar-refractivity contribution in [3.63, 3.8) is 0 Å². The summed E-state index contributed by atoms with van der Waals surface area (Å²) >= 11 is 0. The van der Waals surface area contributed by atoms with Gasteiger partial charge >= 0.3 is 0 Å². The molecule has 0 aromatic rings. The molecule has 0 heterocycles. The van der Waals surface area contributed by atoms with Gasteiger partial charge < -0.3 is 11.1 Å². The molecule has 3 nitrogen and oxygen atoms in total. The van der Waals surface area contributed by atoms with Crippen LogP contribution >= 0.6 is 0 Å². The Kier molecular flexibility index (Phi) is 3.06. The van der Waals surface area contributed by atoms with Crippen LogP contribution in [0.4, 0.5) is 8.78 Å². The smallest absolute Gasteiger partial charge is 0.248 e. The van der Waals surface area contributed by atoms with Crippen LogP contribution in [0, 0.1) is 5.92 Å². The molecule has 76 valence electrons. The zero-order chi connectivity index (χ0) is 9.90. The Bertz CT molecular complexity index is 196. The zero-order valence-corrected chi connectivity index (χ0v) is 7.69. The van der Waals surface area contributed by atoms with Gasteiger partial charge in [-0.15, -0.1) is 0 Å². The standard InChI is InChI=1S/C8H15F2N3/c1-2-12-7(11)13-5-6-3-8(9,10)4-6/h6H,2-5H2,1H3,(H3,11,12,13). The maximum atomic E-state index is 12.4. The average Bonchev–Trinajstić information content (AvgIpc) is 1.97. The predicted octanol–water partition coefficient (Wildman–Crippen LogP) is 0.956. The molecular weight excluding hydrogens is 176 g/mol. The lowest BCUT2D eigenvalue weighted by Gasteiger charge is -2.33. The van der Waals surface area contributed by atoms with E-state index in [2.05, 4.69) is 10.3 Å². The number of guanidine groups is 1. The van der Waals surface area contributed by atoms with E-state index in [0.29, 0.717) is 19.0 Å². The highest BCUT2D eigenvalue weighted by Crippen LogP contribution is 2.42. The molecule has 0 saturated heterocycles. The van der Waals surface area contributed by atoms with E-state index in [1.165, 1.54) is 0 Å². The van der Waals surface area contributed by atoms with E-state index in [4.69, 9.17) is 5.73 Å². The van der Waals surface area contributed by atoms with Crippen molar-refractivity contribution in [3.05, 3.63) is 0 Å². The molecule has 0 spiro atoms. The van der Waals surface area contributed by atoms with Crippen molar-refractivity contribution in [1.82, 2.24) is 5.32 Å². The fraction of sp³-hybridized carbons (Fsp3) is 0.875. The van der Waals surface area contributed by atoms with E-state index in [1.54, 1.807) is 0 Å². The summed E-state index contributed by atoms with van der Waals surface area (Å²) in [7, 11) is 0. The first-order chi connectivity index (χ1) is 6.03. The van der Waals surface area contributed by atoms with Crippen molar-refractivity contribution in [2.75, 3.05) is 13.1 Å². The zero-order valence-electron chi connectivity index (χ0n) is 7.69. The minimum atomic E-state index is -2.45. The van der Waals surface area contributed by atoms with Crippen molar-refractivity contribution >= 4 is 5.96 Å². The lowest BCUT2D eigenvalue weighted by molar-refractivity contribution is -0.107. The first-order valence-electron chi connectivity index (χ1n) is 4.45. The highest BCUT2D eigenvalue weighted by atomic mass is 19.3. The molecule has 1 fully saturated rings. The summed E-state index contributed by atoms with van der Waals surface area (Å²) in [5.74, 6) is -2.10. The molecule has 1 aliphatic rings. The van der Waals surface area contributed by atoms with Gasteiger partial charge in [0, 0.05) is 25.9 Å². The van der Waals surface area contributed by atoms with Crippen molar-refractivity contribution in [3.8, 4) is 0 Å². The summed E-state index contributed by atoms with van der Waals surface area (Å²) < 4.78 is 24.7. The van der Waals surface area contributed by atoms with Crippen molar-refractivity contribution in [2.45, 2.75) is 25.7 Å². The quantitative estimate of drug-likeness (QED) is 0.515. The Labute approximate surface area is 76.4 Å². The first kappa shape index (κ1) is 10.2. The Hall–Kier alpha value is -0.870. The Morgan fingerprint density at radius 2 is 2.23 bits per heavy atom. The van der Waals surface area contributed by atoms with Crippen LogP contribution in [0.3, 0.4) is 0 Å². The highest BCUT2D eigenvalue weighted by molar-refractivity contribution is 5.77. The van der Waals surface area contributed by atoms with E-state index in [9.17, 15) is 8.78 Å². The third-order valence-electron chi connectivity index (χ3n) is 2.05. The van der Waals surface area contributed by atoms with E-state index < -0.39 is 5.92 Å². The summed E-state index contributed by atoms with van der Waals surface area (Å²) in [6.45, 7) is 3.02. The van der Waals surface area contributed by atoms with Gasteiger partial charge in [-0.3, -0.25) is 4.99 Å². The molecule has 1 rings (SSSR count). The summed E-state index contributed by atoms with van der Waals surface area (Å²) in [6, 6.07) is 0. The van der Waals surface area contributed by atoms with Crippen LogP contribution in [-0.4, -0.2) is 25.0 Å². The molecule has 0 aliphatic heterocycles. The third kappa shape index (κ3) is 3.16. The van der Waals surface area contributed by atoms with E-state index >= 15 is 0 Å². The van der Waals surface area contributed by atoms with Gasteiger partial charge in [-0.25, -0.2) is 8.78 Å². The Morgan fingerprint density at radius 1 is 1.62 bits per heavy atom. The van der Waals surface area contributed by atoms with Crippen LogP contribution in [0.2, 0.25) is 0 Å². The molecular formula is C8H15F2N3. The summed E-state index contributed by atoms with van der Waals surface area (Å²) in [5, 5.41) is 2.81. The molecule has 1 aliphatic carbocycles. The second kappa shape index (κ2) is 3.89. The van der Waals surface area contributed by atoms with Gasteiger partial charge in [-0.1, -0.05) is 0 Å². The lowest BCUT2D eigenvalue weighted by atomic mass is 9.81. The molecule has 5 heteroatoms. The lowest BCUT2D eigenvalue weighted by Crippen LogP contribution is -2.38. The van der Waals surface area contributed by atoms with Gasteiger partial charge in [-0.05, 0) is 12.8 Å². The van der Waals surface area contributed by atoms with Gasteiger partial charge in [0.05, 0.1) is 0 Å². The topological polar surface area (TPSA) is 50.4 Å². The van der Waals surface area contributed by atoms with Gasteiger partial charge in [-0.2, -0.15) is 0 Å². The van der Waals surface area contributed by atoms with E-state index in [0.717, 1.165) is 0 Å². The summed E-state index contributed by atoms with van der Waals surface area (Å²) in [6.07, 6.45) is -0.0915. The molecule has 1 saturated carbocycles. The molecule has 13 heavy (non-hydrogen) atoms. The highest BCUT2D eigenvalue weighted by Gasteiger charge is 2.44. The van der Waals surface area contributed by atoms with Gasteiger partial charge in [0.2, 0.25) is 5.92 Å². The summed E-state index contributed by atoms with van der Waals surface area (Å²) in [5.41, 5.74) is 5.43. The fourth-order valence-corrected chi connectivity index (χ4v) is 1.38. The van der Waals surface area contributed by atoms with E-state index in [-0.39, 0.29) is 18.8 Å². The van der Waals surface area contributed by atoms with Crippen LogP contribution in [0.25, 0.3) is 0 Å². The Balaban J connectivity index is 2.17. The second-order valence-electron chi connectivity index (χ2n) is 3.39. The number of nitrogens with zero attached hydrogens (tertiary/aromatic N) is 1.